The first-order chi connectivity index (χ1) is 8.81. The van der Waals surface area contributed by atoms with Crippen LogP contribution in [0.1, 0.15) is 5.56 Å². The fourth-order valence-corrected chi connectivity index (χ4v) is 2.02. The van der Waals surface area contributed by atoms with Crippen LogP contribution in [-0.4, -0.2) is 4.98 Å². The van der Waals surface area contributed by atoms with Gasteiger partial charge in [-0.15, -0.1) is 0 Å². The molecule has 0 aliphatic heterocycles. The van der Waals surface area contributed by atoms with Crippen molar-refractivity contribution in [2.45, 2.75) is 6.92 Å². The number of nitrogens with one attached hydrogen (secondary N) is 1. The summed E-state index contributed by atoms with van der Waals surface area (Å²) < 4.78 is 0. The second-order valence-electron chi connectivity index (χ2n) is 4.41. The number of rotatable bonds is 2. The van der Waals surface area contributed by atoms with Crippen molar-refractivity contribution in [3.63, 3.8) is 0 Å². The van der Waals surface area contributed by atoms with Crippen molar-refractivity contribution in [2.24, 2.45) is 0 Å². The lowest BCUT2D eigenvalue weighted by atomic mass is 10.1. The molecule has 0 fully saturated rings. The van der Waals surface area contributed by atoms with E-state index in [0.29, 0.717) is 0 Å². The topological polar surface area (TPSA) is 24.9 Å². The van der Waals surface area contributed by atoms with Crippen molar-refractivity contribution in [1.82, 2.24) is 4.98 Å². The Balaban J connectivity index is 1.95. The lowest BCUT2D eigenvalue weighted by molar-refractivity contribution is 1.27. The minimum absolute atomic E-state index is 0.880. The van der Waals surface area contributed by atoms with Crippen molar-refractivity contribution in [1.29, 1.82) is 0 Å². The smallest absolute Gasteiger partial charge is 0.130 e. The molecule has 0 atom stereocenters. The number of pyridine rings is 1. The number of nitrogens with zero attached hydrogens (tertiary/aromatic N) is 1. The number of anilines is 2. The van der Waals surface area contributed by atoms with Gasteiger partial charge in [-0.1, -0.05) is 30.3 Å². The number of fused-ring (bicyclic) bond motifs is 1. The molecule has 1 N–H and O–H groups in total. The molecule has 0 aliphatic rings. The lowest BCUT2D eigenvalue weighted by Crippen LogP contribution is -1.93. The van der Waals surface area contributed by atoms with Crippen LogP contribution in [0.4, 0.5) is 11.5 Å². The maximum Gasteiger partial charge on any atom is 0.130 e. The fraction of sp³-hybridized carbons (Fsp3) is 0.0625. The lowest BCUT2D eigenvalue weighted by Gasteiger charge is -2.07. The summed E-state index contributed by atoms with van der Waals surface area (Å²) in [5.41, 5.74) is 2.26. The Morgan fingerprint density at radius 3 is 2.56 bits per heavy atom. The van der Waals surface area contributed by atoms with Crippen LogP contribution in [0, 0.1) is 6.92 Å². The van der Waals surface area contributed by atoms with Crippen LogP contribution in [-0.2, 0) is 0 Å². The second-order valence-corrected chi connectivity index (χ2v) is 4.41. The second kappa shape index (κ2) is 4.49. The van der Waals surface area contributed by atoms with Gasteiger partial charge in [0.05, 0.1) is 0 Å². The summed E-state index contributed by atoms with van der Waals surface area (Å²) in [6.45, 7) is 2.06. The average Bonchev–Trinajstić information content (AvgIpc) is 2.39. The minimum atomic E-state index is 0.880. The maximum absolute atomic E-state index is 4.30. The Labute approximate surface area is 106 Å². The molecule has 2 aromatic carbocycles. The molecule has 2 heteroatoms. The molecule has 3 aromatic rings. The minimum Gasteiger partial charge on any atom is -0.340 e. The number of hydrogen-bond acceptors (Lipinski definition) is 2. The van der Waals surface area contributed by atoms with Gasteiger partial charge in [0.25, 0.3) is 0 Å². The molecule has 0 unspecified atom stereocenters. The van der Waals surface area contributed by atoms with Crippen LogP contribution in [0.2, 0.25) is 0 Å². The predicted octanol–water partition coefficient (Wildman–Crippen LogP) is 4.29. The van der Waals surface area contributed by atoms with Crippen LogP contribution in [0.25, 0.3) is 10.8 Å². The summed E-state index contributed by atoms with van der Waals surface area (Å²) in [5.74, 6) is 0.880. The van der Waals surface area contributed by atoms with Crippen LogP contribution >= 0.6 is 0 Å². The van der Waals surface area contributed by atoms with Crippen molar-refractivity contribution in [3.05, 3.63) is 66.4 Å². The molecule has 2 nitrogen and oxygen atoms in total. The van der Waals surface area contributed by atoms with E-state index in [0.717, 1.165) is 11.5 Å². The SMILES string of the molecule is Cc1ccnc(Nc2ccc3ccccc3c2)c1. The molecule has 1 heterocycles. The van der Waals surface area contributed by atoms with E-state index >= 15 is 0 Å². The Kier molecular flexibility index (Phi) is 2.69. The van der Waals surface area contributed by atoms with Gasteiger partial charge in [0.2, 0.25) is 0 Å². The molecular weight excluding hydrogens is 220 g/mol. The number of hydrogen-bond donors (Lipinski definition) is 1. The summed E-state index contributed by atoms with van der Waals surface area (Å²) in [6.07, 6.45) is 1.82. The molecule has 0 bridgehead atoms. The summed E-state index contributed by atoms with van der Waals surface area (Å²) in [6, 6.07) is 18.7. The number of aromatic nitrogens is 1. The first kappa shape index (κ1) is 10.8. The molecule has 0 saturated heterocycles. The van der Waals surface area contributed by atoms with Gasteiger partial charge in [-0.2, -0.15) is 0 Å². The third-order valence-electron chi connectivity index (χ3n) is 2.94. The van der Waals surface area contributed by atoms with Gasteiger partial charge in [-0.25, -0.2) is 4.98 Å². The van der Waals surface area contributed by atoms with E-state index in [1.807, 2.05) is 18.3 Å². The standard InChI is InChI=1S/C16H14N2/c1-12-8-9-17-16(10-12)18-15-7-6-13-4-2-3-5-14(13)11-15/h2-11H,1H3,(H,17,18). The molecular formula is C16H14N2. The first-order valence-electron chi connectivity index (χ1n) is 6.00. The van der Waals surface area contributed by atoms with Crippen LogP contribution in [0.3, 0.4) is 0 Å². The van der Waals surface area contributed by atoms with Crippen molar-refractivity contribution >= 4 is 22.3 Å². The van der Waals surface area contributed by atoms with E-state index in [1.54, 1.807) is 0 Å². The van der Waals surface area contributed by atoms with Gasteiger partial charge in [0.15, 0.2) is 0 Å². The van der Waals surface area contributed by atoms with Crippen LogP contribution < -0.4 is 5.32 Å². The molecule has 18 heavy (non-hydrogen) atoms. The molecule has 3 rings (SSSR count). The molecule has 88 valence electrons. The predicted molar refractivity (Wildman–Crippen MR) is 76.2 cm³/mol. The van der Waals surface area contributed by atoms with Gasteiger partial charge in [0, 0.05) is 11.9 Å². The quantitative estimate of drug-likeness (QED) is 0.715. The molecule has 0 amide bonds. The fourth-order valence-electron chi connectivity index (χ4n) is 2.02. The van der Waals surface area contributed by atoms with Gasteiger partial charge in [-0.3, -0.25) is 0 Å². The maximum atomic E-state index is 4.30. The van der Waals surface area contributed by atoms with Gasteiger partial charge < -0.3 is 5.32 Å². The van der Waals surface area contributed by atoms with Crippen LogP contribution in [0.15, 0.2) is 60.8 Å². The molecule has 0 spiro atoms. The Morgan fingerprint density at radius 2 is 1.72 bits per heavy atom. The Morgan fingerprint density at radius 1 is 0.889 bits per heavy atom. The largest absolute Gasteiger partial charge is 0.340 e. The van der Waals surface area contributed by atoms with Crippen molar-refractivity contribution < 1.29 is 0 Å². The van der Waals surface area contributed by atoms with E-state index in [-0.39, 0.29) is 0 Å². The molecule has 0 saturated carbocycles. The van der Waals surface area contributed by atoms with E-state index in [9.17, 15) is 0 Å². The highest BCUT2D eigenvalue weighted by Gasteiger charge is 1.98. The Bertz CT molecular complexity index is 689. The zero-order valence-corrected chi connectivity index (χ0v) is 10.2. The van der Waals surface area contributed by atoms with Crippen molar-refractivity contribution in [3.8, 4) is 0 Å². The normalized spacial score (nSPS) is 10.5. The number of aryl methyl sites for hydroxylation is 1. The van der Waals surface area contributed by atoms with E-state index in [2.05, 4.69) is 59.7 Å². The molecule has 0 radical (unpaired) electrons. The number of benzene rings is 2. The monoisotopic (exact) mass is 234 g/mol. The van der Waals surface area contributed by atoms with E-state index < -0.39 is 0 Å². The first-order valence-corrected chi connectivity index (χ1v) is 6.00. The third kappa shape index (κ3) is 2.18. The van der Waals surface area contributed by atoms with Crippen molar-refractivity contribution in [2.75, 3.05) is 5.32 Å². The summed E-state index contributed by atoms with van der Waals surface area (Å²) in [5, 5.41) is 5.81. The highest BCUT2D eigenvalue weighted by atomic mass is 15.0. The zero-order valence-electron chi connectivity index (χ0n) is 10.2. The summed E-state index contributed by atoms with van der Waals surface area (Å²) in [7, 11) is 0. The molecule has 1 aromatic heterocycles. The Hall–Kier alpha value is -2.35. The average molecular weight is 234 g/mol. The van der Waals surface area contributed by atoms with Gasteiger partial charge in [0.1, 0.15) is 5.82 Å². The summed E-state index contributed by atoms with van der Waals surface area (Å²) in [4.78, 5) is 4.30. The zero-order chi connectivity index (χ0) is 12.4. The molecule has 0 aliphatic carbocycles. The van der Waals surface area contributed by atoms with Crippen LogP contribution in [0.5, 0.6) is 0 Å². The van der Waals surface area contributed by atoms with E-state index in [4.69, 9.17) is 0 Å². The summed E-state index contributed by atoms with van der Waals surface area (Å²) >= 11 is 0. The van der Waals surface area contributed by atoms with Gasteiger partial charge in [-0.05, 0) is 47.5 Å². The highest BCUT2D eigenvalue weighted by Crippen LogP contribution is 2.21. The van der Waals surface area contributed by atoms with E-state index in [1.165, 1.54) is 16.3 Å². The third-order valence-corrected chi connectivity index (χ3v) is 2.94. The highest BCUT2D eigenvalue weighted by molar-refractivity contribution is 5.86. The van der Waals surface area contributed by atoms with Gasteiger partial charge >= 0.3 is 0 Å².